The zero-order valence-corrected chi connectivity index (χ0v) is 9.89. The Morgan fingerprint density at radius 3 is 2.79 bits per heavy atom. The molecule has 0 atom stereocenters. The molecule has 14 heavy (non-hydrogen) atoms. The molecule has 1 heterocycles. The Labute approximate surface area is 91.3 Å². The first-order chi connectivity index (χ1) is 6.69. The van der Waals surface area contributed by atoms with E-state index in [4.69, 9.17) is 0 Å². The lowest BCUT2D eigenvalue weighted by atomic mass is 10.2. The molecule has 0 spiro atoms. The predicted molar refractivity (Wildman–Crippen MR) is 60.6 cm³/mol. The lowest BCUT2D eigenvalue weighted by molar-refractivity contribution is 0.667. The van der Waals surface area contributed by atoms with E-state index in [-0.39, 0.29) is 5.56 Å². The molecule has 4 nitrogen and oxygen atoms in total. The average molecular weight is 260 g/mol. The van der Waals surface area contributed by atoms with Crippen LogP contribution in [0.25, 0.3) is 0 Å². The van der Waals surface area contributed by atoms with Crippen LogP contribution in [0.4, 0.5) is 5.82 Å². The molecular weight excluding hydrogens is 246 g/mol. The molecule has 1 aromatic rings. The van der Waals surface area contributed by atoms with Gasteiger partial charge in [-0.15, -0.1) is 0 Å². The van der Waals surface area contributed by atoms with Gasteiger partial charge < -0.3 is 10.3 Å². The van der Waals surface area contributed by atoms with E-state index in [1.807, 2.05) is 0 Å². The van der Waals surface area contributed by atoms with Gasteiger partial charge in [-0.3, -0.25) is 4.79 Å². The third-order valence-corrected chi connectivity index (χ3v) is 2.86. The topological polar surface area (TPSA) is 57.8 Å². The van der Waals surface area contributed by atoms with Crippen molar-refractivity contribution in [3.8, 4) is 0 Å². The van der Waals surface area contributed by atoms with Crippen molar-refractivity contribution in [2.75, 3.05) is 5.32 Å². The molecule has 0 aromatic carbocycles. The van der Waals surface area contributed by atoms with Crippen molar-refractivity contribution in [2.24, 2.45) is 0 Å². The van der Waals surface area contributed by atoms with E-state index in [0.29, 0.717) is 16.3 Å². The zero-order valence-electron chi connectivity index (χ0n) is 8.30. The number of nitrogens with zero attached hydrogens (tertiary/aromatic N) is 1. The summed E-state index contributed by atoms with van der Waals surface area (Å²) in [6.45, 7) is 4.20. The van der Waals surface area contributed by atoms with E-state index < -0.39 is 0 Å². The highest BCUT2D eigenvalue weighted by atomic mass is 79.9. The third-order valence-electron chi connectivity index (χ3n) is 2.12. The van der Waals surface area contributed by atoms with Crippen LogP contribution in [0.2, 0.25) is 0 Å². The molecule has 0 fully saturated rings. The highest BCUT2D eigenvalue weighted by Crippen LogP contribution is 2.15. The van der Waals surface area contributed by atoms with Gasteiger partial charge in [0, 0.05) is 6.04 Å². The van der Waals surface area contributed by atoms with Crippen LogP contribution < -0.4 is 10.9 Å². The molecule has 0 aliphatic rings. The van der Waals surface area contributed by atoms with E-state index in [1.54, 1.807) is 0 Å². The minimum absolute atomic E-state index is 0.159. The number of hydrogen-bond donors (Lipinski definition) is 2. The molecule has 0 radical (unpaired) electrons. The highest BCUT2D eigenvalue weighted by Gasteiger charge is 2.08. The Morgan fingerprint density at radius 1 is 1.57 bits per heavy atom. The van der Waals surface area contributed by atoms with Gasteiger partial charge in [0.05, 0.1) is 6.33 Å². The van der Waals surface area contributed by atoms with Crippen LogP contribution in [0.1, 0.15) is 26.7 Å². The molecule has 0 aliphatic heterocycles. The van der Waals surface area contributed by atoms with Crippen molar-refractivity contribution in [3.05, 3.63) is 21.2 Å². The van der Waals surface area contributed by atoms with Gasteiger partial charge in [0.15, 0.2) is 0 Å². The molecule has 5 heteroatoms. The van der Waals surface area contributed by atoms with E-state index in [2.05, 4.69) is 45.1 Å². The van der Waals surface area contributed by atoms with E-state index in [1.165, 1.54) is 6.33 Å². The number of hydrogen-bond acceptors (Lipinski definition) is 3. The fraction of sp³-hybridized carbons (Fsp3) is 0.556. The van der Waals surface area contributed by atoms with Gasteiger partial charge in [0.1, 0.15) is 10.3 Å². The summed E-state index contributed by atoms with van der Waals surface area (Å²) in [5.41, 5.74) is -0.159. The fourth-order valence-corrected chi connectivity index (χ4v) is 1.50. The van der Waals surface area contributed by atoms with Gasteiger partial charge in [-0.1, -0.05) is 13.8 Å². The Balaban J connectivity index is 2.86. The first-order valence-electron chi connectivity index (χ1n) is 4.68. The summed E-state index contributed by atoms with van der Waals surface area (Å²) in [6.07, 6.45) is 3.42. The Kier molecular flexibility index (Phi) is 4.13. The largest absolute Gasteiger partial charge is 0.366 e. The molecule has 0 saturated carbocycles. The molecule has 2 N–H and O–H groups in total. The summed E-state index contributed by atoms with van der Waals surface area (Å²) >= 11 is 3.20. The maximum atomic E-state index is 11.2. The normalized spacial score (nSPS) is 10.6. The summed E-state index contributed by atoms with van der Waals surface area (Å²) < 4.78 is 0.465. The number of H-pyrrole nitrogens is 1. The summed E-state index contributed by atoms with van der Waals surface area (Å²) in [6, 6.07) is 0.362. The predicted octanol–water partition coefficient (Wildman–Crippen LogP) is 2.13. The molecule has 0 aliphatic carbocycles. The maximum Gasteiger partial charge on any atom is 0.267 e. The summed E-state index contributed by atoms with van der Waals surface area (Å²) in [5, 5.41) is 3.21. The van der Waals surface area contributed by atoms with Gasteiger partial charge in [0.2, 0.25) is 0 Å². The van der Waals surface area contributed by atoms with Crippen LogP contribution in [0.3, 0.4) is 0 Å². The van der Waals surface area contributed by atoms with Gasteiger partial charge in [-0.25, -0.2) is 4.98 Å². The Morgan fingerprint density at radius 2 is 2.21 bits per heavy atom. The first kappa shape index (κ1) is 11.2. The van der Waals surface area contributed by atoms with Crippen LogP contribution in [-0.4, -0.2) is 16.0 Å². The maximum absolute atomic E-state index is 11.2. The van der Waals surface area contributed by atoms with Crippen molar-refractivity contribution in [2.45, 2.75) is 32.7 Å². The lowest BCUT2D eigenvalue weighted by Gasteiger charge is -2.15. The standard InChI is InChI=1S/C9H14BrN3O/c1-3-6(4-2)13-8-7(10)9(14)12-5-11-8/h5-6H,3-4H2,1-2H3,(H2,11,12,13,14). The van der Waals surface area contributed by atoms with Crippen LogP contribution in [0.15, 0.2) is 15.6 Å². The molecule has 0 unspecified atom stereocenters. The number of aromatic nitrogens is 2. The molecule has 0 saturated heterocycles. The van der Waals surface area contributed by atoms with Crippen molar-refractivity contribution in [1.29, 1.82) is 0 Å². The monoisotopic (exact) mass is 259 g/mol. The number of halogens is 1. The van der Waals surface area contributed by atoms with Crippen LogP contribution in [0, 0.1) is 0 Å². The van der Waals surface area contributed by atoms with Crippen LogP contribution in [-0.2, 0) is 0 Å². The van der Waals surface area contributed by atoms with E-state index in [0.717, 1.165) is 12.8 Å². The summed E-state index contributed by atoms with van der Waals surface area (Å²) in [4.78, 5) is 17.8. The van der Waals surface area contributed by atoms with Crippen molar-refractivity contribution < 1.29 is 0 Å². The van der Waals surface area contributed by atoms with Crippen molar-refractivity contribution in [3.63, 3.8) is 0 Å². The van der Waals surface area contributed by atoms with Gasteiger partial charge in [-0.2, -0.15) is 0 Å². The minimum atomic E-state index is -0.159. The van der Waals surface area contributed by atoms with Crippen LogP contribution >= 0.6 is 15.9 Å². The number of rotatable bonds is 4. The van der Waals surface area contributed by atoms with Gasteiger partial charge in [0.25, 0.3) is 5.56 Å². The van der Waals surface area contributed by atoms with Crippen molar-refractivity contribution in [1.82, 2.24) is 9.97 Å². The molecule has 1 rings (SSSR count). The van der Waals surface area contributed by atoms with Gasteiger partial charge in [-0.05, 0) is 28.8 Å². The van der Waals surface area contributed by atoms with E-state index >= 15 is 0 Å². The van der Waals surface area contributed by atoms with Crippen molar-refractivity contribution >= 4 is 21.7 Å². The molecule has 0 amide bonds. The molecule has 1 aromatic heterocycles. The Hall–Kier alpha value is -0.840. The first-order valence-corrected chi connectivity index (χ1v) is 5.48. The fourth-order valence-electron chi connectivity index (χ4n) is 1.17. The van der Waals surface area contributed by atoms with Gasteiger partial charge >= 0.3 is 0 Å². The molecular formula is C9H14BrN3O. The summed E-state index contributed by atoms with van der Waals surface area (Å²) in [5.74, 6) is 0.613. The second kappa shape index (κ2) is 5.14. The minimum Gasteiger partial charge on any atom is -0.366 e. The lowest BCUT2D eigenvalue weighted by Crippen LogP contribution is -2.20. The zero-order chi connectivity index (χ0) is 10.6. The molecule has 0 bridgehead atoms. The average Bonchev–Trinajstić information content (AvgIpc) is 2.20. The number of anilines is 1. The quantitative estimate of drug-likeness (QED) is 0.871. The van der Waals surface area contributed by atoms with Crippen LogP contribution in [0.5, 0.6) is 0 Å². The Bertz CT molecular complexity index is 346. The third kappa shape index (κ3) is 2.57. The number of nitrogens with one attached hydrogen (secondary N) is 2. The second-order valence-electron chi connectivity index (χ2n) is 3.05. The summed E-state index contributed by atoms with van der Waals surface area (Å²) in [7, 11) is 0. The SMILES string of the molecule is CCC(CC)Nc1nc[nH]c(=O)c1Br. The van der Waals surface area contributed by atoms with E-state index in [9.17, 15) is 4.79 Å². The number of aromatic amines is 1. The smallest absolute Gasteiger partial charge is 0.267 e. The molecule has 78 valence electrons. The highest BCUT2D eigenvalue weighted by molar-refractivity contribution is 9.10. The second-order valence-corrected chi connectivity index (χ2v) is 3.85.